The molecule has 0 amide bonds. The summed E-state index contributed by atoms with van der Waals surface area (Å²) in [6.45, 7) is 0. The average Bonchev–Trinajstić information content (AvgIpc) is 2.75. The second-order valence-corrected chi connectivity index (χ2v) is 3.66. The minimum Gasteiger partial charge on any atom is -0.495 e. The number of hydrogen-bond acceptors (Lipinski definition) is 5. The molecular weight excluding hydrogens is 244 g/mol. The standard InChI is InChI=1S/C11H11ClN2O3/c1-15-8-4-3-6(11(16-2)10(8)12)7-5-9(13)17-14-7/h3-5H,13H2,1-2H3. The van der Waals surface area contributed by atoms with Crippen molar-refractivity contribution in [3.63, 3.8) is 0 Å². The van der Waals surface area contributed by atoms with E-state index < -0.39 is 0 Å². The topological polar surface area (TPSA) is 70.5 Å². The highest BCUT2D eigenvalue weighted by molar-refractivity contribution is 6.34. The third kappa shape index (κ3) is 2.01. The summed E-state index contributed by atoms with van der Waals surface area (Å²) in [5.74, 6) is 1.23. The van der Waals surface area contributed by atoms with Gasteiger partial charge in [-0.15, -0.1) is 0 Å². The van der Waals surface area contributed by atoms with E-state index >= 15 is 0 Å². The second kappa shape index (κ2) is 4.55. The zero-order valence-electron chi connectivity index (χ0n) is 9.36. The molecule has 0 aliphatic heterocycles. The van der Waals surface area contributed by atoms with Crippen LogP contribution in [0.1, 0.15) is 0 Å². The molecule has 0 aliphatic rings. The molecule has 0 unspecified atom stereocenters. The van der Waals surface area contributed by atoms with Gasteiger partial charge >= 0.3 is 0 Å². The van der Waals surface area contributed by atoms with E-state index in [2.05, 4.69) is 5.16 Å². The fourth-order valence-corrected chi connectivity index (χ4v) is 1.83. The molecule has 2 N–H and O–H groups in total. The number of methoxy groups -OCH3 is 2. The van der Waals surface area contributed by atoms with Gasteiger partial charge < -0.3 is 19.7 Å². The van der Waals surface area contributed by atoms with E-state index in [4.69, 9.17) is 31.3 Å². The second-order valence-electron chi connectivity index (χ2n) is 3.28. The zero-order valence-corrected chi connectivity index (χ0v) is 10.1. The van der Waals surface area contributed by atoms with Crippen LogP contribution in [0.15, 0.2) is 22.7 Å². The Morgan fingerprint density at radius 3 is 2.59 bits per heavy atom. The zero-order chi connectivity index (χ0) is 12.4. The Morgan fingerprint density at radius 2 is 2.06 bits per heavy atom. The molecule has 1 aromatic heterocycles. The van der Waals surface area contributed by atoms with E-state index in [-0.39, 0.29) is 5.88 Å². The summed E-state index contributed by atoms with van der Waals surface area (Å²) in [6.07, 6.45) is 0. The SMILES string of the molecule is COc1ccc(-c2cc(N)on2)c(OC)c1Cl. The smallest absolute Gasteiger partial charge is 0.222 e. The van der Waals surface area contributed by atoms with Gasteiger partial charge in [-0.1, -0.05) is 16.8 Å². The summed E-state index contributed by atoms with van der Waals surface area (Å²) in [6, 6.07) is 5.10. The third-order valence-corrected chi connectivity index (χ3v) is 2.65. The summed E-state index contributed by atoms with van der Waals surface area (Å²) >= 11 is 6.13. The summed E-state index contributed by atoms with van der Waals surface area (Å²) in [5.41, 5.74) is 6.73. The number of nitrogens with zero attached hydrogens (tertiary/aromatic N) is 1. The molecule has 1 aromatic carbocycles. The molecule has 90 valence electrons. The molecule has 0 saturated carbocycles. The Hall–Kier alpha value is -1.88. The van der Waals surface area contributed by atoms with Crippen LogP contribution in [0.3, 0.4) is 0 Å². The molecule has 17 heavy (non-hydrogen) atoms. The van der Waals surface area contributed by atoms with E-state index in [1.165, 1.54) is 14.2 Å². The maximum absolute atomic E-state index is 6.13. The molecule has 0 fully saturated rings. The lowest BCUT2D eigenvalue weighted by Crippen LogP contribution is -1.92. The van der Waals surface area contributed by atoms with Crippen LogP contribution >= 0.6 is 11.6 Å². The Balaban J connectivity index is 2.58. The predicted octanol–water partition coefficient (Wildman–Crippen LogP) is 2.59. The number of rotatable bonds is 3. The first-order valence-electron chi connectivity index (χ1n) is 4.80. The van der Waals surface area contributed by atoms with Gasteiger partial charge in [0.2, 0.25) is 5.88 Å². The summed E-state index contributed by atoms with van der Waals surface area (Å²) < 4.78 is 15.2. The first-order chi connectivity index (χ1) is 8.17. The summed E-state index contributed by atoms with van der Waals surface area (Å²) in [4.78, 5) is 0. The number of hydrogen-bond donors (Lipinski definition) is 1. The predicted molar refractivity (Wildman–Crippen MR) is 64.5 cm³/mol. The fraction of sp³-hybridized carbons (Fsp3) is 0.182. The maximum atomic E-state index is 6.13. The van der Waals surface area contributed by atoms with Gasteiger partial charge in [-0.3, -0.25) is 0 Å². The van der Waals surface area contributed by atoms with Gasteiger partial charge in [0.25, 0.3) is 0 Å². The van der Waals surface area contributed by atoms with Crippen LogP contribution in [0.4, 0.5) is 5.88 Å². The molecule has 0 atom stereocenters. The maximum Gasteiger partial charge on any atom is 0.222 e. The highest BCUT2D eigenvalue weighted by Gasteiger charge is 2.16. The molecule has 0 aliphatic carbocycles. The fourth-order valence-electron chi connectivity index (χ4n) is 1.51. The highest BCUT2D eigenvalue weighted by atomic mass is 35.5. The van der Waals surface area contributed by atoms with E-state index in [1.807, 2.05) is 0 Å². The average molecular weight is 255 g/mol. The Kier molecular flexibility index (Phi) is 3.10. The Labute approximate surface area is 103 Å². The van der Waals surface area contributed by atoms with Crippen molar-refractivity contribution in [1.82, 2.24) is 5.16 Å². The number of nitrogen functional groups attached to an aromatic ring is 1. The number of halogens is 1. The molecule has 2 aromatic rings. The van der Waals surface area contributed by atoms with Crippen LogP contribution in [0, 0.1) is 0 Å². The van der Waals surface area contributed by atoms with Crippen molar-refractivity contribution in [1.29, 1.82) is 0 Å². The lowest BCUT2D eigenvalue weighted by Gasteiger charge is -2.11. The van der Waals surface area contributed by atoms with Gasteiger partial charge in [0.1, 0.15) is 16.5 Å². The number of aromatic nitrogens is 1. The molecule has 0 spiro atoms. The van der Waals surface area contributed by atoms with Crippen molar-refractivity contribution in [3.8, 4) is 22.8 Å². The van der Waals surface area contributed by atoms with Gasteiger partial charge in [0, 0.05) is 11.6 Å². The Bertz CT molecular complexity index is 540. The molecule has 2 rings (SSSR count). The van der Waals surface area contributed by atoms with Crippen LogP contribution in [0.2, 0.25) is 5.02 Å². The summed E-state index contributed by atoms with van der Waals surface area (Å²) in [7, 11) is 3.06. The van der Waals surface area contributed by atoms with Crippen LogP contribution in [0.5, 0.6) is 11.5 Å². The molecule has 5 nitrogen and oxygen atoms in total. The van der Waals surface area contributed by atoms with Gasteiger partial charge in [-0.2, -0.15) is 0 Å². The van der Waals surface area contributed by atoms with Crippen molar-refractivity contribution < 1.29 is 14.0 Å². The normalized spacial score (nSPS) is 10.3. The monoisotopic (exact) mass is 254 g/mol. The minimum absolute atomic E-state index is 0.231. The number of anilines is 1. The van der Waals surface area contributed by atoms with E-state index in [9.17, 15) is 0 Å². The van der Waals surface area contributed by atoms with Crippen molar-refractivity contribution >= 4 is 17.5 Å². The first kappa shape index (κ1) is 11.6. The molecule has 0 radical (unpaired) electrons. The van der Waals surface area contributed by atoms with Gasteiger partial charge in [-0.05, 0) is 12.1 Å². The highest BCUT2D eigenvalue weighted by Crippen LogP contribution is 2.41. The van der Waals surface area contributed by atoms with Crippen molar-refractivity contribution in [2.45, 2.75) is 0 Å². The van der Waals surface area contributed by atoms with Gasteiger partial charge in [0.15, 0.2) is 5.75 Å². The van der Waals surface area contributed by atoms with Gasteiger partial charge in [-0.25, -0.2) is 0 Å². The molecule has 6 heteroatoms. The van der Waals surface area contributed by atoms with Crippen LogP contribution < -0.4 is 15.2 Å². The molecular formula is C11H11ClN2O3. The number of nitrogens with two attached hydrogens (primary N) is 1. The number of ether oxygens (including phenoxy) is 2. The lowest BCUT2D eigenvalue weighted by molar-refractivity contribution is 0.395. The lowest BCUT2D eigenvalue weighted by atomic mass is 10.1. The van der Waals surface area contributed by atoms with Crippen molar-refractivity contribution in [2.24, 2.45) is 0 Å². The largest absolute Gasteiger partial charge is 0.495 e. The first-order valence-corrected chi connectivity index (χ1v) is 5.18. The minimum atomic E-state index is 0.231. The van der Waals surface area contributed by atoms with E-state index in [0.29, 0.717) is 27.8 Å². The van der Waals surface area contributed by atoms with Crippen molar-refractivity contribution in [2.75, 3.05) is 20.0 Å². The molecule has 1 heterocycles. The van der Waals surface area contributed by atoms with Gasteiger partial charge in [0.05, 0.1) is 14.2 Å². The molecule has 0 saturated heterocycles. The van der Waals surface area contributed by atoms with Crippen LogP contribution in [-0.2, 0) is 0 Å². The number of benzene rings is 1. The quantitative estimate of drug-likeness (QED) is 0.912. The molecule has 0 bridgehead atoms. The summed E-state index contributed by atoms with van der Waals surface area (Å²) in [5, 5.41) is 4.20. The van der Waals surface area contributed by atoms with Crippen LogP contribution in [-0.4, -0.2) is 19.4 Å². The Morgan fingerprint density at radius 1 is 1.29 bits per heavy atom. The third-order valence-electron chi connectivity index (χ3n) is 2.29. The van der Waals surface area contributed by atoms with E-state index in [0.717, 1.165) is 0 Å². The van der Waals surface area contributed by atoms with Crippen molar-refractivity contribution in [3.05, 3.63) is 23.2 Å². The van der Waals surface area contributed by atoms with Crippen LogP contribution in [0.25, 0.3) is 11.3 Å². The van der Waals surface area contributed by atoms with E-state index in [1.54, 1.807) is 18.2 Å².